The van der Waals surface area contributed by atoms with E-state index in [-0.39, 0.29) is 12.8 Å². The molecule has 0 aliphatic carbocycles. The first-order chi connectivity index (χ1) is 7.19. The molecule has 0 aromatic carbocycles. The van der Waals surface area contributed by atoms with Crippen molar-refractivity contribution in [3.63, 3.8) is 0 Å². The van der Waals surface area contributed by atoms with Crippen molar-refractivity contribution in [2.75, 3.05) is 14.2 Å². The summed E-state index contributed by atoms with van der Waals surface area (Å²) in [6, 6.07) is 0. The van der Waals surface area contributed by atoms with E-state index in [9.17, 15) is 4.79 Å². The van der Waals surface area contributed by atoms with Crippen LogP contribution in [-0.4, -0.2) is 35.3 Å². The Morgan fingerprint density at radius 3 is 2.27 bits per heavy atom. The zero-order valence-electron chi connectivity index (χ0n) is 8.56. The topological polar surface area (TPSA) is 81.5 Å². The predicted octanol–water partition coefficient (Wildman–Crippen LogP) is 0.511. The maximum Gasteiger partial charge on any atom is 0.303 e. The molecule has 1 aromatic rings. The standard InChI is InChI=1S/C9H12N2O4/c1-14-8-6(3-4-7(12)13)9(15-2)11-5-10-8/h5H,3-4H2,1-2H3,(H,12,13). The van der Waals surface area contributed by atoms with Gasteiger partial charge >= 0.3 is 5.97 Å². The highest BCUT2D eigenvalue weighted by molar-refractivity contribution is 5.67. The summed E-state index contributed by atoms with van der Waals surface area (Å²) in [7, 11) is 2.93. The quantitative estimate of drug-likeness (QED) is 0.765. The Morgan fingerprint density at radius 2 is 1.87 bits per heavy atom. The first-order valence-electron chi connectivity index (χ1n) is 4.32. The number of methoxy groups -OCH3 is 2. The van der Waals surface area contributed by atoms with Crippen molar-refractivity contribution >= 4 is 5.97 Å². The van der Waals surface area contributed by atoms with Crippen molar-refractivity contribution in [3.8, 4) is 11.8 Å². The number of aromatic nitrogens is 2. The average molecular weight is 212 g/mol. The molecule has 0 atom stereocenters. The smallest absolute Gasteiger partial charge is 0.303 e. The zero-order valence-corrected chi connectivity index (χ0v) is 8.56. The summed E-state index contributed by atoms with van der Waals surface area (Å²) in [4.78, 5) is 18.2. The van der Waals surface area contributed by atoms with E-state index in [1.54, 1.807) is 0 Å². The summed E-state index contributed by atoms with van der Waals surface area (Å²) in [6.45, 7) is 0. The molecule has 1 heterocycles. The van der Waals surface area contributed by atoms with Crippen LogP contribution in [0.1, 0.15) is 12.0 Å². The number of carbonyl (C=O) groups is 1. The van der Waals surface area contributed by atoms with E-state index in [1.807, 2.05) is 0 Å². The number of carboxylic acid groups (broad SMARTS) is 1. The molecular weight excluding hydrogens is 200 g/mol. The second-order valence-electron chi connectivity index (χ2n) is 2.76. The van der Waals surface area contributed by atoms with Gasteiger partial charge in [-0.15, -0.1) is 0 Å². The first kappa shape index (κ1) is 11.2. The highest BCUT2D eigenvalue weighted by atomic mass is 16.5. The largest absolute Gasteiger partial charge is 0.481 e. The summed E-state index contributed by atoms with van der Waals surface area (Å²) >= 11 is 0. The predicted molar refractivity (Wildman–Crippen MR) is 51.1 cm³/mol. The van der Waals surface area contributed by atoms with Crippen LogP contribution in [0.2, 0.25) is 0 Å². The van der Waals surface area contributed by atoms with Gasteiger partial charge in [0.05, 0.1) is 19.8 Å². The van der Waals surface area contributed by atoms with E-state index < -0.39 is 5.97 Å². The molecule has 1 aromatic heterocycles. The van der Waals surface area contributed by atoms with Gasteiger partial charge in [-0.25, -0.2) is 9.97 Å². The lowest BCUT2D eigenvalue weighted by Crippen LogP contribution is -2.04. The third kappa shape index (κ3) is 2.80. The molecule has 0 spiro atoms. The maximum atomic E-state index is 10.4. The maximum absolute atomic E-state index is 10.4. The molecule has 0 amide bonds. The zero-order chi connectivity index (χ0) is 11.3. The second-order valence-corrected chi connectivity index (χ2v) is 2.76. The fourth-order valence-electron chi connectivity index (χ4n) is 1.18. The van der Waals surface area contributed by atoms with Crippen LogP contribution in [0, 0.1) is 0 Å². The van der Waals surface area contributed by atoms with Gasteiger partial charge in [0.25, 0.3) is 0 Å². The van der Waals surface area contributed by atoms with Gasteiger partial charge in [-0.05, 0) is 6.42 Å². The molecule has 1 N–H and O–H groups in total. The van der Waals surface area contributed by atoms with E-state index >= 15 is 0 Å². The van der Waals surface area contributed by atoms with Gasteiger partial charge in [0.1, 0.15) is 6.33 Å². The van der Waals surface area contributed by atoms with Crippen molar-refractivity contribution in [1.82, 2.24) is 9.97 Å². The number of nitrogens with zero attached hydrogens (tertiary/aromatic N) is 2. The summed E-state index contributed by atoms with van der Waals surface area (Å²) in [6.07, 6.45) is 1.57. The number of rotatable bonds is 5. The highest BCUT2D eigenvalue weighted by Crippen LogP contribution is 2.24. The molecule has 0 saturated carbocycles. The molecule has 0 saturated heterocycles. The minimum Gasteiger partial charge on any atom is -0.481 e. The molecule has 0 radical (unpaired) electrons. The highest BCUT2D eigenvalue weighted by Gasteiger charge is 2.13. The number of hydrogen-bond acceptors (Lipinski definition) is 5. The van der Waals surface area contributed by atoms with Gasteiger partial charge in [0.2, 0.25) is 11.8 Å². The fourth-order valence-corrected chi connectivity index (χ4v) is 1.18. The normalized spacial score (nSPS) is 9.73. The van der Waals surface area contributed by atoms with Crippen LogP contribution in [-0.2, 0) is 11.2 Å². The van der Waals surface area contributed by atoms with Crippen LogP contribution in [0.25, 0.3) is 0 Å². The minimum absolute atomic E-state index is 0.0138. The fraction of sp³-hybridized carbons (Fsp3) is 0.444. The van der Waals surface area contributed by atoms with E-state index in [4.69, 9.17) is 14.6 Å². The molecule has 1 rings (SSSR count). The van der Waals surface area contributed by atoms with Crippen LogP contribution in [0.5, 0.6) is 11.8 Å². The van der Waals surface area contributed by atoms with Crippen molar-refractivity contribution in [2.24, 2.45) is 0 Å². The molecule has 0 aliphatic heterocycles. The molecule has 82 valence electrons. The summed E-state index contributed by atoms with van der Waals surface area (Å²) in [5.74, 6) is -0.186. The van der Waals surface area contributed by atoms with E-state index in [2.05, 4.69) is 9.97 Å². The van der Waals surface area contributed by atoms with Gasteiger partial charge in [-0.2, -0.15) is 0 Å². The second kappa shape index (κ2) is 5.14. The Hall–Kier alpha value is -1.85. The lowest BCUT2D eigenvalue weighted by atomic mass is 10.2. The van der Waals surface area contributed by atoms with Crippen LogP contribution in [0.3, 0.4) is 0 Å². The molecule has 15 heavy (non-hydrogen) atoms. The number of hydrogen-bond donors (Lipinski definition) is 1. The third-order valence-corrected chi connectivity index (χ3v) is 1.84. The molecule has 0 fully saturated rings. The van der Waals surface area contributed by atoms with Crippen LogP contribution >= 0.6 is 0 Å². The van der Waals surface area contributed by atoms with Gasteiger partial charge < -0.3 is 14.6 Å². The molecular formula is C9H12N2O4. The Kier molecular flexibility index (Phi) is 3.84. The van der Waals surface area contributed by atoms with E-state index in [0.717, 1.165) is 0 Å². The molecule has 6 heteroatoms. The Balaban J connectivity index is 2.94. The third-order valence-electron chi connectivity index (χ3n) is 1.84. The lowest BCUT2D eigenvalue weighted by molar-refractivity contribution is -0.136. The summed E-state index contributed by atoms with van der Waals surface area (Å²) < 4.78 is 9.99. The first-order valence-corrected chi connectivity index (χ1v) is 4.32. The van der Waals surface area contributed by atoms with Gasteiger partial charge in [0, 0.05) is 6.42 Å². The van der Waals surface area contributed by atoms with E-state index in [1.165, 1.54) is 20.5 Å². The van der Waals surface area contributed by atoms with Gasteiger partial charge in [-0.3, -0.25) is 4.79 Å². The molecule has 0 bridgehead atoms. The Morgan fingerprint density at radius 1 is 1.33 bits per heavy atom. The van der Waals surface area contributed by atoms with Crippen LogP contribution < -0.4 is 9.47 Å². The van der Waals surface area contributed by atoms with Crippen molar-refractivity contribution in [3.05, 3.63) is 11.9 Å². The number of carboxylic acids is 1. The van der Waals surface area contributed by atoms with Crippen molar-refractivity contribution < 1.29 is 19.4 Å². The van der Waals surface area contributed by atoms with Crippen molar-refractivity contribution in [1.29, 1.82) is 0 Å². The van der Waals surface area contributed by atoms with E-state index in [0.29, 0.717) is 17.3 Å². The lowest BCUT2D eigenvalue weighted by Gasteiger charge is -2.09. The average Bonchev–Trinajstić information content (AvgIpc) is 2.25. The molecule has 6 nitrogen and oxygen atoms in total. The molecule has 0 aliphatic rings. The SMILES string of the molecule is COc1ncnc(OC)c1CCC(=O)O. The Bertz CT molecular complexity index is 332. The minimum atomic E-state index is -0.886. The van der Waals surface area contributed by atoms with Crippen LogP contribution in [0.4, 0.5) is 0 Å². The van der Waals surface area contributed by atoms with Crippen molar-refractivity contribution in [2.45, 2.75) is 12.8 Å². The monoisotopic (exact) mass is 212 g/mol. The van der Waals surface area contributed by atoms with Gasteiger partial charge in [-0.1, -0.05) is 0 Å². The Labute approximate surface area is 86.9 Å². The molecule has 0 unspecified atom stereocenters. The number of ether oxygens (including phenoxy) is 2. The van der Waals surface area contributed by atoms with Gasteiger partial charge in [0.15, 0.2) is 0 Å². The summed E-state index contributed by atoms with van der Waals surface area (Å²) in [5, 5.41) is 8.58. The number of aliphatic carboxylic acids is 1. The van der Waals surface area contributed by atoms with Crippen LogP contribution in [0.15, 0.2) is 6.33 Å². The summed E-state index contributed by atoms with van der Waals surface area (Å²) in [5.41, 5.74) is 0.574.